The predicted molar refractivity (Wildman–Crippen MR) is 133 cm³/mol. The first-order valence-corrected chi connectivity index (χ1v) is 13.8. The van der Waals surface area contributed by atoms with Gasteiger partial charge >= 0.3 is 0 Å². The molecule has 176 valence electrons. The highest BCUT2D eigenvalue weighted by Gasteiger charge is 2.25. The molecule has 0 amide bonds. The fraction of sp³-hybridized carbons (Fsp3) is 0.893. The first-order chi connectivity index (χ1) is 14.7. The zero-order valence-corrected chi connectivity index (χ0v) is 21.2. The average Bonchev–Trinajstić information content (AvgIpc) is 3.24. The smallest absolute Gasteiger partial charge is 0.247 e. The van der Waals surface area contributed by atoms with Crippen molar-refractivity contribution in [3.63, 3.8) is 0 Å². The van der Waals surface area contributed by atoms with Gasteiger partial charge in [0.1, 0.15) is 12.4 Å². The number of hydrogen-bond acceptors (Lipinski definition) is 0. The van der Waals surface area contributed by atoms with E-state index in [-0.39, 0.29) is 0 Å². The molecule has 30 heavy (non-hydrogen) atoms. The summed E-state index contributed by atoms with van der Waals surface area (Å²) in [6.45, 7) is 9.34. The van der Waals surface area contributed by atoms with E-state index in [1.807, 2.05) is 0 Å². The van der Waals surface area contributed by atoms with Crippen LogP contribution >= 0.6 is 0 Å². The minimum atomic E-state index is 0.624. The van der Waals surface area contributed by atoms with Gasteiger partial charge < -0.3 is 0 Å². The first kappa shape index (κ1) is 27.2. The maximum Gasteiger partial charge on any atom is 0.257 e. The van der Waals surface area contributed by atoms with Gasteiger partial charge in [-0.1, -0.05) is 117 Å². The average molecular weight is 420 g/mol. The van der Waals surface area contributed by atoms with Gasteiger partial charge in [-0.3, -0.25) is 0 Å². The lowest BCUT2D eigenvalue weighted by molar-refractivity contribution is -0.727. The number of H-pyrrole nitrogens is 1. The molecule has 0 radical (unpaired) electrons. The van der Waals surface area contributed by atoms with E-state index in [9.17, 15) is 0 Å². The molecule has 0 aromatic carbocycles. The summed E-state index contributed by atoms with van der Waals surface area (Å²) in [5.74, 6) is 2.23. The van der Waals surface area contributed by atoms with Crippen LogP contribution in [-0.4, -0.2) is 4.98 Å². The first-order valence-electron chi connectivity index (χ1n) is 13.8. The Bertz CT molecular complexity index is 479. The summed E-state index contributed by atoms with van der Waals surface area (Å²) < 4.78 is 2.58. The molecule has 0 saturated heterocycles. The maximum atomic E-state index is 3.67. The van der Waals surface area contributed by atoms with Crippen molar-refractivity contribution in [2.24, 2.45) is 0 Å². The van der Waals surface area contributed by atoms with Gasteiger partial charge in [0.15, 0.2) is 0 Å². The Labute approximate surface area is 189 Å². The minimum Gasteiger partial charge on any atom is -0.247 e. The van der Waals surface area contributed by atoms with Crippen LogP contribution in [0.1, 0.15) is 167 Å². The minimum absolute atomic E-state index is 0.624. The lowest BCUT2D eigenvalue weighted by Gasteiger charge is -2.17. The molecule has 0 fully saturated rings. The number of nitrogens with zero attached hydrogens (tertiary/aromatic N) is 1. The Balaban J connectivity index is 2.53. The van der Waals surface area contributed by atoms with Gasteiger partial charge in [0.25, 0.3) is 5.82 Å². The normalized spacial score (nSPS) is 13.6. The SMILES string of the molecule is CCCCCCCCCCC(CCCCCCC)c1[nH]cc[n+]1C(C)CCCCC. The van der Waals surface area contributed by atoms with Gasteiger partial charge in [0.2, 0.25) is 0 Å². The lowest BCUT2D eigenvalue weighted by Crippen LogP contribution is -2.41. The predicted octanol–water partition coefficient (Wildman–Crippen LogP) is 9.42. The Hall–Kier alpha value is -0.790. The Morgan fingerprint density at radius 1 is 0.633 bits per heavy atom. The quantitative estimate of drug-likeness (QED) is 0.151. The standard InChI is InChI=1S/C28H54N2/c1-5-8-11-13-14-15-17-20-23-27(22-19-16-12-9-6-2)28-29-24-25-30(28)26(4)21-18-10-7-3/h24-27H,5-23H2,1-4H3/p+1. The summed E-state index contributed by atoms with van der Waals surface area (Å²) in [6.07, 6.45) is 30.9. The molecule has 1 rings (SSSR count). The van der Waals surface area contributed by atoms with E-state index in [4.69, 9.17) is 0 Å². The van der Waals surface area contributed by atoms with Crippen LogP contribution in [0.3, 0.4) is 0 Å². The second-order valence-corrected chi connectivity index (χ2v) is 9.76. The third-order valence-electron chi connectivity index (χ3n) is 6.89. The van der Waals surface area contributed by atoms with Gasteiger partial charge in [-0.05, 0) is 32.6 Å². The van der Waals surface area contributed by atoms with Gasteiger partial charge in [-0.15, -0.1) is 0 Å². The third kappa shape index (κ3) is 12.2. The summed E-state index contributed by atoms with van der Waals surface area (Å²) >= 11 is 0. The third-order valence-corrected chi connectivity index (χ3v) is 6.89. The molecule has 2 unspecified atom stereocenters. The molecule has 2 nitrogen and oxygen atoms in total. The van der Waals surface area contributed by atoms with Crippen molar-refractivity contribution in [2.75, 3.05) is 0 Å². The van der Waals surface area contributed by atoms with E-state index in [1.54, 1.807) is 0 Å². The highest BCUT2D eigenvalue weighted by molar-refractivity contribution is 4.90. The molecular formula is C28H55N2+. The fourth-order valence-electron chi connectivity index (χ4n) is 4.84. The number of hydrogen-bond donors (Lipinski definition) is 1. The van der Waals surface area contributed by atoms with E-state index < -0.39 is 0 Å². The van der Waals surface area contributed by atoms with Crippen molar-refractivity contribution >= 4 is 0 Å². The van der Waals surface area contributed by atoms with Gasteiger partial charge in [0.05, 0.1) is 12.0 Å². The number of imidazole rings is 1. The van der Waals surface area contributed by atoms with Crippen LogP contribution in [0.4, 0.5) is 0 Å². The second kappa shape index (κ2) is 18.9. The van der Waals surface area contributed by atoms with Crippen LogP contribution < -0.4 is 4.57 Å². The van der Waals surface area contributed by atoms with Crippen molar-refractivity contribution < 1.29 is 4.57 Å². The molecular weight excluding hydrogens is 364 g/mol. The molecule has 0 saturated carbocycles. The van der Waals surface area contributed by atoms with E-state index in [1.165, 1.54) is 128 Å². The molecule has 1 aromatic heterocycles. The van der Waals surface area contributed by atoms with Crippen molar-refractivity contribution in [3.05, 3.63) is 18.2 Å². The summed E-state index contributed by atoms with van der Waals surface area (Å²) in [5, 5.41) is 0. The zero-order chi connectivity index (χ0) is 21.9. The largest absolute Gasteiger partial charge is 0.257 e. The molecule has 1 aromatic rings. The van der Waals surface area contributed by atoms with Gasteiger partial charge in [-0.25, -0.2) is 9.55 Å². The summed E-state index contributed by atoms with van der Waals surface area (Å²) in [5.41, 5.74) is 0. The monoisotopic (exact) mass is 419 g/mol. The van der Waals surface area contributed by atoms with Crippen LogP contribution in [0.15, 0.2) is 12.4 Å². The topological polar surface area (TPSA) is 19.7 Å². The summed E-state index contributed by atoms with van der Waals surface area (Å²) in [7, 11) is 0. The Morgan fingerprint density at radius 2 is 1.07 bits per heavy atom. The number of nitrogens with one attached hydrogen (secondary N) is 1. The van der Waals surface area contributed by atoms with E-state index >= 15 is 0 Å². The number of aromatic nitrogens is 2. The van der Waals surface area contributed by atoms with Crippen LogP contribution in [0.25, 0.3) is 0 Å². The Morgan fingerprint density at radius 3 is 1.60 bits per heavy atom. The molecule has 0 spiro atoms. The molecule has 0 aliphatic heterocycles. The highest BCUT2D eigenvalue weighted by Crippen LogP contribution is 2.27. The molecule has 1 heterocycles. The second-order valence-electron chi connectivity index (χ2n) is 9.76. The molecule has 0 aliphatic carbocycles. The fourth-order valence-corrected chi connectivity index (χ4v) is 4.84. The van der Waals surface area contributed by atoms with Crippen LogP contribution in [-0.2, 0) is 0 Å². The molecule has 1 N–H and O–H groups in total. The van der Waals surface area contributed by atoms with Gasteiger partial charge in [0, 0.05) is 0 Å². The van der Waals surface area contributed by atoms with Crippen molar-refractivity contribution in [2.45, 2.75) is 162 Å². The van der Waals surface area contributed by atoms with Gasteiger partial charge in [-0.2, -0.15) is 0 Å². The van der Waals surface area contributed by atoms with Crippen LogP contribution in [0, 0.1) is 0 Å². The highest BCUT2D eigenvalue weighted by atomic mass is 15.1. The maximum absolute atomic E-state index is 3.67. The van der Waals surface area contributed by atoms with Crippen molar-refractivity contribution in [1.29, 1.82) is 0 Å². The molecule has 2 heteroatoms. The molecule has 2 atom stereocenters. The van der Waals surface area contributed by atoms with Crippen molar-refractivity contribution in [1.82, 2.24) is 4.98 Å². The Kier molecular flexibility index (Phi) is 17.2. The molecule has 0 bridgehead atoms. The molecule has 0 aliphatic rings. The van der Waals surface area contributed by atoms with E-state index in [2.05, 4.69) is 49.6 Å². The van der Waals surface area contributed by atoms with Crippen molar-refractivity contribution in [3.8, 4) is 0 Å². The lowest BCUT2D eigenvalue weighted by atomic mass is 9.93. The number of aromatic amines is 1. The van der Waals surface area contributed by atoms with Crippen LogP contribution in [0.2, 0.25) is 0 Å². The van der Waals surface area contributed by atoms with E-state index in [0.717, 1.165) is 5.92 Å². The number of unbranched alkanes of at least 4 members (excludes halogenated alkanes) is 13. The zero-order valence-electron chi connectivity index (χ0n) is 21.2. The summed E-state index contributed by atoms with van der Waals surface area (Å²) in [4.78, 5) is 3.67. The number of rotatable bonds is 21. The summed E-state index contributed by atoms with van der Waals surface area (Å²) in [6, 6.07) is 0.624. The van der Waals surface area contributed by atoms with E-state index in [0.29, 0.717) is 6.04 Å². The van der Waals surface area contributed by atoms with Crippen LogP contribution in [0.5, 0.6) is 0 Å².